The van der Waals surface area contributed by atoms with Gasteiger partial charge in [-0.1, -0.05) is 0 Å². The lowest BCUT2D eigenvalue weighted by atomic mass is 9.95. The molecule has 144 valence electrons. The number of amides is 1. The molecule has 1 atom stereocenters. The van der Waals surface area contributed by atoms with Gasteiger partial charge in [0.25, 0.3) is 11.5 Å². The molecule has 1 aliphatic heterocycles. The van der Waals surface area contributed by atoms with Crippen LogP contribution in [0.15, 0.2) is 35.4 Å². The van der Waals surface area contributed by atoms with Crippen LogP contribution in [-0.4, -0.2) is 34.4 Å². The van der Waals surface area contributed by atoms with Crippen molar-refractivity contribution in [1.82, 2.24) is 14.9 Å². The first-order valence-corrected chi connectivity index (χ1v) is 8.36. The highest BCUT2D eigenvalue weighted by molar-refractivity contribution is 5.95. The van der Waals surface area contributed by atoms with E-state index in [0.717, 1.165) is 24.4 Å². The van der Waals surface area contributed by atoms with Gasteiger partial charge < -0.3 is 14.6 Å². The quantitative estimate of drug-likeness (QED) is 0.731. The standard InChI is InChI=1S/C19H14F3N3O3/c1-25(19(27)9-2-10(20)6-23-5-9)16-8-28-7-15-17(16)11-3-13(21)14(22)4-12(11)18(26)24-15/h2-6,16H,7-8H2,1H3,(H,24,26)/t16-/m1/s1. The number of carbonyl (C=O) groups is 1. The predicted octanol–water partition coefficient (Wildman–Crippen LogP) is 2.68. The molecule has 1 aromatic carbocycles. The molecule has 3 aromatic rings. The number of likely N-dealkylation sites (N-methyl/N-ethyl adjacent to an activating group) is 1. The highest BCUT2D eigenvalue weighted by Crippen LogP contribution is 2.34. The summed E-state index contributed by atoms with van der Waals surface area (Å²) in [4.78, 5) is 32.6. The number of H-pyrrole nitrogens is 1. The third-order valence-electron chi connectivity index (χ3n) is 4.78. The summed E-state index contributed by atoms with van der Waals surface area (Å²) in [7, 11) is 1.48. The van der Waals surface area contributed by atoms with E-state index in [9.17, 15) is 22.8 Å². The van der Waals surface area contributed by atoms with Gasteiger partial charge in [-0.2, -0.15) is 0 Å². The molecule has 0 fully saturated rings. The summed E-state index contributed by atoms with van der Waals surface area (Å²) in [5, 5.41) is 0.167. The van der Waals surface area contributed by atoms with Crippen molar-refractivity contribution < 1.29 is 22.7 Å². The maximum atomic E-state index is 13.9. The summed E-state index contributed by atoms with van der Waals surface area (Å²) in [5.74, 6) is -3.44. The second kappa shape index (κ2) is 6.75. The number of carbonyl (C=O) groups excluding carboxylic acids is 1. The lowest BCUT2D eigenvalue weighted by Crippen LogP contribution is -2.37. The lowest BCUT2D eigenvalue weighted by Gasteiger charge is -2.33. The van der Waals surface area contributed by atoms with Gasteiger partial charge in [0.1, 0.15) is 5.82 Å². The molecule has 0 saturated heterocycles. The fourth-order valence-electron chi connectivity index (χ4n) is 3.42. The van der Waals surface area contributed by atoms with Gasteiger partial charge in [-0.15, -0.1) is 0 Å². The highest BCUT2D eigenvalue weighted by Gasteiger charge is 2.31. The molecular weight excluding hydrogens is 375 g/mol. The van der Waals surface area contributed by atoms with Crippen molar-refractivity contribution in [3.8, 4) is 0 Å². The molecule has 1 N–H and O–H groups in total. The minimum absolute atomic E-state index is 0.0283. The van der Waals surface area contributed by atoms with Gasteiger partial charge in [0, 0.05) is 24.5 Å². The molecule has 28 heavy (non-hydrogen) atoms. The van der Waals surface area contributed by atoms with Crippen LogP contribution in [0.4, 0.5) is 13.2 Å². The van der Waals surface area contributed by atoms with Crippen LogP contribution < -0.4 is 5.56 Å². The lowest BCUT2D eigenvalue weighted by molar-refractivity contribution is 0.0335. The smallest absolute Gasteiger partial charge is 0.256 e. The van der Waals surface area contributed by atoms with Gasteiger partial charge in [0.2, 0.25) is 0 Å². The number of aromatic amines is 1. The van der Waals surface area contributed by atoms with Crippen LogP contribution in [-0.2, 0) is 11.3 Å². The molecule has 2 aromatic heterocycles. The average Bonchev–Trinajstić information content (AvgIpc) is 2.68. The van der Waals surface area contributed by atoms with Crippen molar-refractivity contribution in [2.45, 2.75) is 12.6 Å². The topological polar surface area (TPSA) is 75.3 Å². The fraction of sp³-hybridized carbons (Fsp3) is 0.211. The molecular formula is C19H14F3N3O3. The maximum Gasteiger partial charge on any atom is 0.256 e. The number of rotatable bonds is 2. The van der Waals surface area contributed by atoms with Crippen LogP contribution in [0.2, 0.25) is 0 Å². The Morgan fingerprint density at radius 3 is 2.61 bits per heavy atom. The molecule has 0 aliphatic carbocycles. The fourth-order valence-corrected chi connectivity index (χ4v) is 3.42. The number of hydrogen-bond donors (Lipinski definition) is 1. The first-order chi connectivity index (χ1) is 13.4. The molecule has 0 spiro atoms. The average molecular weight is 389 g/mol. The van der Waals surface area contributed by atoms with Crippen molar-refractivity contribution in [2.24, 2.45) is 0 Å². The zero-order valence-corrected chi connectivity index (χ0v) is 14.6. The first-order valence-electron chi connectivity index (χ1n) is 8.36. The van der Waals surface area contributed by atoms with Crippen molar-refractivity contribution >= 4 is 16.7 Å². The third-order valence-corrected chi connectivity index (χ3v) is 4.78. The Morgan fingerprint density at radius 1 is 1.18 bits per heavy atom. The molecule has 4 rings (SSSR count). The summed E-state index contributed by atoms with van der Waals surface area (Å²) in [6, 6.07) is 2.12. The number of pyridine rings is 2. The maximum absolute atomic E-state index is 13.9. The number of nitrogens with one attached hydrogen (secondary N) is 1. The van der Waals surface area contributed by atoms with E-state index in [1.165, 1.54) is 18.1 Å². The Hall–Kier alpha value is -3.20. The van der Waals surface area contributed by atoms with Gasteiger partial charge in [-0.05, 0) is 23.6 Å². The highest BCUT2D eigenvalue weighted by atomic mass is 19.2. The normalized spacial score (nSPS) is 16.1. The molecule has 0 radical (unpaired) electrons. The van der Waals surface area contributed by atoms with Gasteiger partial charge >= 0.3 is 0 Å². The number of nitrogens with zero attached hydrogens (tertiary/aromatic N) is 2. The molecule has 0 saturated carbocycles. The molecule has 0 bridgehead atoms. The molecule has 6 nitrogen and oxygen atoms in total. The van der Waals surface area contributed by atoms with Crippen LogP contribution in [0.5, 0.6) is 0 Å². The SMILES string of the molecule is CN(C(=O)c1cncc(F)c1)[C@@H]1COCc2[nH]c(=O)c3cc(F)c(F)cc3c21. The Balaban J connectivity index is 1.86. The summed E-state index contributed by atoms with van der Waals surface area (Å²) in [5.41, 5.74) is 0.275. The zero-order valence-electron chi connectivity index (χ0n) is 14.6. The Morgan fingerprint density at radius 2 is 1.89 bits per heavy atom. The molecule has 1 aliphatic rings. The predicted molar refractivity (Wildman–Crippen MR) is 93.2 cm³/mol. The molecule has 0 unspecified atom stereocenters. The number of ether oxygens (including phenoxy) is 1. The van der Waals surface area contributed by atoms with Gasteiger partial charge in [0.15, 0.2) is 11.6 Å². The van der Waals surface area contributed by atoms with E-state index in [0.29, 0.717) is 11.3 Å². The van der Waals surface area contributed by atoms with Gasteiger partial charge in [-0.25, -0.2) is 13.2 Å². The van der Waals surface area contributed by atoms with E-state index >= 15 is 0 Å². The summed E-state index contributed by atoms with van der Waals surface area (Å²) < 4.78 is 46.5. The summed E-state index contributed by atoms with van der Waals surface area (Å²) in [6.45, 7) is 0.123. The molecule has 1 amide bonds. The van der Waals surface area contributed by atoms with Crippen LogP contribution in [0.3, 0.4) is 0 Å². The number of fused-ring (bicyclic) bond motifs is 3. The Bertz CT molecular complexity index is 1160. The minimum Gasteiger partial charge on any atom is -0.373 e. The van der Waals surface area contributed by atoms with Crippen LogP contribution in [0.25, 0.3) is 10.8 Å². The first kappa shape index (κ1) is 18.2. The second-order valence-corrected chi connectivity index (χ2v) is 6.50. The van der Waals surface area contributed by atoms with Crippen molar-refractivity contribution in [3.05, 3.63) is 75.2 Å². The van der Waals surface area contributed by atoms with Gasteiger partial charge in [0.05, 0.1) is 36.4 Å². The van der Waals surface area contributed by atoms with Gasteiger partial charge in [-0.3, -0.25) is 14.6 Å². The van der Waals surface area contributed by atoms with Crippen LogP contribution >= 0.6 is 0 Å². The largest absolute Gasteiger partial charge is 0.373 e. The number of benzene rings is 1. The Kier molecular flexibility index (Phi) is 4.38. The van der Waals surface area contributed by atoms with Crippen LogP contribution in [0.1, 0.15) is 27.7 Å². The van der Waals surface area contributed by atoms with E-state index in [1.54, 1.807) is 0 Å². The minimum atomic E-state index is -1.14. The molecule has 9 heteroatoms. The number of halogens is 3. The van der Waals surface area contributed by atoms with Crippen molar-refractivity contribution in [2.75, 3.05) is 13.7 Å². The third kappa shape index (κ3) is 2.93. The van der Waals surface area contributed by atoms with Crippen molar-refractivity contribution in [1.29, 1.82) is 0 Å². The second-order valence-electron chi connectivity index (χ2n) is 6.50. The summed E-state index contributed by atoms with van der Waals surface area (Å²) in [6.07, 6.45) is 2.21. The van der Waals surface area contributed by atoms with E-state index in [1.807, 2.05) is 0 Å². The van der Waals surface area contributed by atoms with E-state index < -0.39 is 35.0 Å². The van der Waals surface area contributed by atoms with E-state index in [4.69, 9.17) is 4.74 Å². The zero-order chi connectivity index (χ0) is 20.0. The van der Waals surface area contributed by atoms with Crippen molar-refractivity contribution in [3.63, 3.8) is 0 Å². The number of aromatic nitrogens is 2. The monoisotopic (exact) mass is 389 g/mol. The summed E-state index contributed by atoms with van der Waals surface area (Å²) >= 11 is 0. The molecule has 3 heterocycles. The van der Waals surface area contributed by atoms with E-state index in [-0.39, 0.29) is 29.5 Å². The van der Waals surface area contributed by atoms with Crippen LogP contribution in [0, 0.1) is 17.5 Å². The Labute approximate surface area is 156 Å². The van der Waals surface area contributed by atoms with E-state index in [2.05, 4.69) is 9.97 Å². The number of hydrogen-bond acceptors (Lipinski definition) is 4.